The molecule has 134 valence electrons. The van der Waals surface area contributed by atoms with E-state index in [0.717, 1.165) is 5.56 Å². The van der Waals surface area contributed by atoms with Crippen molar-refractivity contribution in [1.29, 1.82) is 0 Å². The summed E-state index contributed by atoms with van der Waals surface area (Å²) in [5.74, 6) is 0.175. The van der Waals surface area contributed by atoms with Gasteiger partial charge in [-0.3, -0.25) is 9.59 Å². The quantitative estimate of drug-likeness (QED) is 0.751. The molecule has 2 aromatic heterocycles. The molecule has 0 fully saturated rings. The predicted octanol–water partition coefficient (Wildman–Crippen LogP) is 3.07. The SMILES string of the molecule is Cc1ccc(C(=O)N=c2sccn2C(C)C(=O)NCc2ccco2)cc1. The van der Waals surface area contributed by atoms with Gasteiger partial charge in [0.1, 0.15) is 11.8 Å². The average Bonchev–Trinajstić information content (AvgIpc) is 3.31. The Morgan fingerprint density at radius 1 is 1.27 bits per heavy atom. The molecule has 0 saturated heterocycles. The maximum Gasteiger partial charge on any atom is 0.279 e. The first kappa shape index (κ1) is 17.9. The van der Waals surface area contributed by atoms with Crippen molar-refractivity contribution in [3.05, 3.63) is 75.9 Å². The van der Waals surface area contributed by atoms with E-state index in [1.54, 1.807) is 53.6 Å². The second-order valence-electron chi connectivity index (χ2n) is 5.85. The predicted molar refractivity (Wildman–Crippen MR) is 98.6 cm³/mol. The summed E-state index contributed by atoms with van der Waals surface area (Å²) in [6.45, 7) is 4.04. The number of amides is 2. The minimum Gasteiger partial charge on any atom is -0.467 e. The van der Waals surface area contributed by atoms with E-state index < -0.39 is 6.04 Å². The van der Waals surface area contributed by atoms with Crippen molar-refractivity contribution in [1.82, 2.24) is 9.88 Å². The lowest BCUT2D eigenvalue weighted by Crippen LogP contribution is -2.34. The second kappa shape index (κ2) is 7.97. The number of aryl methyl sites for hydroxylation is 1. The number of nitrogens with one attached hydrogen (secondary N) is 1. The Kier molecular flexibility index (Phi) is 5.48. The van der Waals surface area contributed by atoms with Gasteiger partial charge in [-0.15, -0.1) is 11.3 Å². The van der Waals surface area contributed by atoms with Crippen LogP contribution in [0.15, 0.2) is 63.6 Å². The number of carbonyl (C=O) groups is 2. The number of aromatic nitrogens is 1. The van der Waals surface area contributed by atoms with Crippen molar-refractivity contribution in [2.45, 2.75) is 26.4 Å². The Hall–Kier alpha value is -2.93. The highest BCUT2D eigenvalue weighted by atomic mass is 32.1. The number of carbonyl (C=O) groups excluding carboxylic acids is 2. The van der Waals surface area contributed by atoms with E-state index in [-0.39, 0.29) is 11.8 Å². The molecule has 2 amide bonds. The van der Waals surface area contributed by atoms with Crippen LogP contribution in [-0.2, 0) is 11.3 Å². The van der Waals surface area contributed by atoms with Gasteiger partial charge in [-0.1, -0.05) is 17.7 Å². The maximum absolute atomic E-state index is 12.4. The average molecular weight is 369 g/mol. The smallest absolute Gasteiger partial charge is 0.279 e. The highest BCUT2D eigenvalue weighted by Gasteiger charge is 2.16. The summed E-state index contributed by atoms with van der Waals surface area (Å²) in [6.07, 6.45) is 3.31. The lowest BCUT2D eigenvalue weighted by Gasteiger charge is -2.13. The normalized spacial score (nSPS) is 12.8. The highest BCUT2D eigenvalue weighted by Crippen LogP contribution is 2.08. The fourth-order valence-corrected chi connectivity index (χ4v) is 3.16. The fraction of sp³-hybridized carbons (Fsp3) is 0.211. The first-order chi connectivity index (χ1) is 12.5. The third kappa shape index (κ3) is 4.18. The van der Waals surface area contributed by atoms with Gasteiger partial charge in [0.15, 0.2) is 4.80 Å². The molecule has 1 N–H and O–H groups in total. The number of thiazole rings is 1. The largest absolute Gasteiger partial charge is 0.467 e. The van der Waals surface area contributed by atoms with Crippen LogP contribution in [0.5, 0.6) is 0 Å². The van der Waals surface area contributed by atoms with Crippen molar-refractivity contribution in [2.75, 3.05) is 0 Å². The van der Waals surface area contributed by atoms with Crippen LogP contribution in [0.1, 0.15) is 34.6 Å². The number of benzene rings is 1. The van der Waals surface area contributed by atoms with Crippen LogP contribution in [0.25, 0.3) is 0 Å². The van der Waals surface area contributed by atoms with E-state index in [9.17, 15) is 9.59 Å². The van der Waals surface area contributed by atoms with Crippen LogP contribution in [-0.4, -0.2) is 16.4 Å². The third-order valence-electron chi connectivity index (χ3n) is 3.93. The van der Waals surface area contributed by atoms with Crippen LogP contribution in [0.4, 0.5) is 0 Å². The van der Waals surface area contributed by atoms with Gasteiger partial charge in [0.05, 0.1) is 12.8 Å². The summed E-state index contributed by atoms with van der Waals surface area (Å²) in [5, 5.41) is 4.62. The molecule has 3 aromatic rings. The molecule has 7 heteroatoms. The minimum atomic E-state index is -0.499. The maximum atomic E-state index is 12.4. The highest BCUT2D eigenvalue weighted by molar-refractivity contribution is 7.07. The van der Waals surface area contributed by atoms with E-state index in [0.29, 0.717) is 22.7 Å². The topological polar surface area (TPSA) is 76.6 Å². The van der Waals surface area contributed by atoms with Gasteiger partial charge < -0.3 is 14.3 Å². The molecular weight excluding hydrogens is 350 g/mol. The zero-order valence-electron chi connectivity index (χ0n) is 14.5. The minimum absolute atomic E-state index is 0.177. The summed E-state index contributed by atoms with van der Waals surface area (Å²) in [5.41, 5.74) is 1.60. The summed E-state index contributed by atoms with van der Waals surface area (Å²) in [7, 11) is 0. The van der Waals surface area contributed by atoms with Crippen LogP contribution < -0.4 is 10.1 Å². The monoisotopic (exact) mass is 369 g/mol. The molecule has 3 rings (SSSR count). The first-order valence-electron chi connectivity index (χ1n) is 8.16. The molecule has 0 spiro atoms. The number of hydrogen-bond donors (Lipinski definition) is 1. The molecule has 26 heavy (non-hydrogen) atoms. The second-order valence-corrected chi connectivity index (χ2v) is 6.72. The number of hydrogen-bond acceptors (Lipinski definition) is 4. The van der Waals surface area contributed by atoms with Crippen LogP contribution >= 0.6 is 11.3 Å². The van der Waals surface area contributed by atoms with E-state index in [1.165, 1.54) is 11.3 Å². The molecule has 6 nitrogen and oxygen atoms in total. The van der Waals surface area contributed by atoms with Gasteiger partial charge in [-0.2, -0.15) is 4.99 Å². The van der Waals surface area contributed by atoms with Crippen LogP contribution in [0, 0.1) is 6.92 Å². The van der Waals surface area contributed by atoms with Crippen molar-refractivity contribution < 1.29 is 14.0 Å². The lowest BCUT2D eigenvalue weighted by atomic mass is 10.1. The van der Waals surface area contributed by atoms with Gasteiger partial charge in [0, 0.05) is 17.1 Å². The van der Waals surface area contributed by atoms with Crippen molar-refractivity contribution in [3.63, 3.8) is 0 Å². The molecule has 1 unspecified atom stereocenters. The van der Waals surface area contributed by atoms with E-state index in [1.807, 2.05) is 19.1 Å². The molecule has 0 bridgehead atoms. The summed E-state index contributed by atoms with van der Waals surface area (Å²) in [4.78, 5) is 29.4. The molecule has 0 aliphatic carbocycles. The zero-order chi connectivity index (χ0) is 18.5. The van der Waals surface area contributed by atoms with Gasteiger partial charge in [0.2, 0.25) is 5.91 Å². The molecule has 0 aliphatic heterocycles. The Balaban J connectivity index is 1.75. The van der Waals surface area contributed by atoms with E-state index in [2.05, 4.69) is 10.3 Å². The molecule has 2 heterocycles. The summed E-state index contributed by atoms with van der Waals surface area (Å²) in [6, 6.07) is 10.3. The first-order valence-corrected chi connectivity index (χ1v) is 9.04. The standard InChI is InChI=1S/C19H19N3O3S/c1-13-5-7-15(8-6-13)18(24)21-19-22(9-11-26-19)14(2)17(23)20-12-16-4-3-10-25-16/h3-11,14H,12H2,1-2H3,(H,20,23). The van der Waals surface area contributed by atoms with E-state index >= 15 is 0 Å². The Morgan fingerprint density at radius 3 is 2.73 bits per heavy atom. The summed E-state index contributed by atoms with van der Waals surface area (Å²) < 4.78 is 6.89. The lowest BCUT2D eigenvalue weighted by molar-refractivity contribution is -0.124. The van der Waals surface area contributed by atoms with Crippen molar-refractivity contribution in [2.24, 2.45) is 4.99 Å². The van der Waals surface area contributed by atoms with Gasteiger partial charge in [0.25, 0.3) is 5.91 Å². The number of nitrogens with zero attached hydrogens (tertiary/aromatic N) is 2. The van der Waals surface area contributed by atoms with Crippen LogP contribution in [0.3, 0.4) is 0 Å². The van der Waals surface area contributed by atoms with Gasteiger partial charge in [-0.05, 0) is 38.1 Å². The molecule has 0 aliphatic rings. The number of furan rings is 1. The zero-order valence-corrected chi connectivity index (χ0v) is 15.3. The molecule has 1 aromatic carbocycles. The Morgan fingerprint density at radius 2 is 2.04 bits per heavy atom. The summed E-state index contributed by atoms with van der Waals surface area (Å²) >= 11 is 1.31. The third-order valence-corrected chi connectivity index (χ3v) is 4.70. The van der Waals surface area contributed by atoms with Gasteiger partial charge >= 0.3 is 0 Å². The van der Waals surface area contributed by atoms with Crippen LogP contribution in [0.2, 0.25) is 0 Å². The Bertz CT molecular complexity index is 953. The van der Waals surface area contributed by atoms with Crippen molar-refractivity contribution in [3.8, 4) is 0 Å². The molecule has 1 atom stereocenters. The molecule has 0 saturated carbocycles. The van der Waals surface area contributed by atoms with Gasteiger partial charge in [-0.25, -0.2) is 0 Å². The van der Waals surface area contributed by atoms with E-state index in [4.69, 9.17) is 4.42 Å². The number of rotatable bonds is 5. The molecular formula is C19H19N3O3S. The molecule has 0 radical (unpaired) electrons. The van der Waals surface area contributed by atoms with Crippen molar-refractivity contribution >= 4 is 23.2 Å². The fourth-order valence-electron chi connectivity index (χ4n) is 2.37. The Labute approximate surface area is 154 Å².